The highest BCUT2D eigenvalue weighted by Gasteiger charge is 2.20. The zero-order valence-electron chi connectivity index (χ0n) is 17.2. The molecule has 0 spiro atoms. The molecule has 3 aromatic rings. The van der Waals surface area contributed by atoms with Gasteiger partial charge in [0.2, 0.25) is 11.9 Å². The second-order valence-corrected chi connectivity index (χ2v) is 7.58. The minimum atomic E-state index is 0.427. The van der Waals surface area contributed by atoms with Crippen LogP contribution in [0.4, 0.5) is 23.4 Å². The topological polar surface area (TPSA) is 70.1 Å². The largest absolute Gasteiger partial charge is 0.353 e. The number of hydrogen-bond donors (Lipinski definition) is 1. The minimum absolute atomic E-state index is 0.427. The molecule has 0 amide bonds. The second-order valence-electron chi connectivity index (χ2n) is 7.58. The molecule has 0 atom stereocenters. The molecule has 1 aliphatic rings. The summed E-state index contributed by atoms with van der Waals surface area (Å²) in [4.78, 5) is 22.6. The van der Waals surface area contributed by atoms with E-state index in [4.69, 9.17) is 4.98 Å². The van der Waals surface area contributed by atoms with Crippen molar-refractivity contribution in [2.45, 2.75) is 26.7 Å². The van der Waals surface area contributed by atoms with Crippen molar-refractivity contribution >= 4 is 23.4 Å². The van der Waals surface area contributed by atoms with Gasteiger partial charge in [-0.3, -0.25) is 0 Å². The summed E-state index contributed by atoms with van der Waals surface area (Å²) in [6.45, 7) is 9.88. The van der Waals surface area contributed by atoms with E-state index >= 15 is 0 Å². The number of aryl methyl sites for hydroxylation is 1. The molecule has 0 saturated carbocycles. The molecule has 1 aliphatic heterocycles. The van der Waals surface area contributed by atoms with Crippen molar-refractivity contribution in [3.05, 3.63) is 60.0 Å². The summed E-state index contributed by atoms with van der Waals surface area (Å²) in [6.07, 6.45) is 3.57. The van der Waals surface area contributed by atoms with Crippen molar-refractivity contribution in [3.8, 4) is 0 Å². The van der Waals surface area contributed by atoms with Gasteiger partial charge in [-0.15, -0.1) is 0 Å². The van der Waals surface area contributed by atoms with E-state index < -0.39 is 0 Å². The third-order valence-corrected chi connectivity index (χ3v) is 5.11. The van der Waals surface area contributed by atoms with Crippen LogP contribution in [0.25, 0.3) is 0 Å². The molecule has 1 fully saturated rings. The van der Waals surface area contributed by atoms with Crippen LogP contribution in [0.5, 0.6) is 0 Å². The van der Waals surface area contributed by atoms with Crippen LogP contribution in [-0.4, -0.2) is 46.1 Å². The number of benzene rings is 1. The Morgan fingerprint density at radius 3 is 2.31 bits per heavy atom. The molecule has 0 bridgehead atoms. The van der Waals surface area contributed by atoms with Gasteiger partial charge in [0.1, 0.15) is 5.82 Å². The molecule has 1 aromatic carbocycles. The summed E-state index contributed by atoms with van der Waals surface area (Å²) >= 11 is 0. The summed E-state index contributed by atoms with van der Waals surface area (Å²) in [5, 5.41) is 3.43. The predicted octanol–water partition coefficient (Wildman–Crippen LogP) is 3.77. The van der Waals surface area contributed by atoms with Crippen LogP contribution in [-0.2, 0) is 0 Å². The van der Waals surface area contributed by atoms with E-state index in [1.807, 2.05) is 25.1 Å². The molecule has 0 aliphatic carbocycles. The van der Waals surface area contributed by atoms with Gasteiger partial charge in [-0.1, -0.05) is 32.0 Å². The van der Waals surface area contributed by atoms with Crippen molar-refractivity contribution in [2.75, 3.05) is 41.3 Å². The standard InChI is InChI=1S/C22H27N7/c1-16(2)18-7-4-5-8-19(18)26-21-25-17(3)15-20(27-21)28-11-13-29(14-12-28)22-23-9-6-10-24-22/h4-10,15-16H,11-14H2,1-3H3,(H,25,26,27). The van der Waals surface area contributed by atoms with E-state index in [1.165, 1.54) is 5.56 Å². The second kappa shape index (κ2) is 8.43. The number of hydrogen-bond acceptors (Lipinski definition) is 7. The molecule has 0 unspecified atom stereocenters. The van der Waals surface area contributed by atoms with Gasteiger partial charge in [0.15, 0.2) is 0 Å². The number of aromatic nitrogens is 4. The summed E-state index contributed by atoms with van der Waals surface area (Å²) < 4.78 is 0. The Morgan fingerprint density at radius 2 is 1.59 bits per heavy atom. The highest BCUT2D eigenvalue weighted by molar-refractivity contribution is 5.61. The van der Waals surface area contributed by atoms with Crippen molar-refractivity contribution in [3.63, 3.8) is 0 Å². The summed E-state index contributed by atoms with van der Waals surface area (Å²) in [7, 11) is 0. The number of para-hydroxylation sites is 1. The maximum absolute atomic E-state index is 4.80. The number of nitrogens with zero attached hydrogens (tertiary/aromatic N) is 6. The number of rotatable bonds is 5. The predicted molar refractivity (Wildman–Crippen MR) is 117 cm³/mol. The van der Waals surface area contributed by atoms with Gasteiger partial charge in [0.05, 0.1) is 0 Å². The molecule has 2 aromatic heterocycles. The molecule has 29 heavy (non-hydrogen) atoms. The van der Waals surface area contributed by atoms with Gasteiger partial charge in [-0.2, -0.15) is 4.98 Å². The zero-order chi connectivity index (χ0) is 20.2. The summed E-state index contributed by atoms with van der Waals surface area (Å²) in [5.74, 6) is 2.81. The monoisotopic (exact) mass is 389 g/mol. The summed E-state index contributed by atoms with van der Waals surface area (Å²) in [6, 6.07) is 12.2. The normalized spacial score (nSPS) is 14.3. The third-order valence-electron chi connectivity index (χ3n) is 5.11. The summed E-state index contributed by atoms with van der Waals surface area (Å²) in [5.41, 5.74) is 3.27. The lowest BCUT2D eigenvalue weighted by atomic mass is 10.0. The number of piperazine rings is 1. The molecule has 1 N–H and O–H groups in total. The Bertz CT molecular complexity index is 950. The van der Waals surface area contributed by atoms with E-state index in [9.17, 15) is 0 Å². The first-order valence-electron chi connectivity index (χ1n) is 10.1. The fourth-order valence-corrected chi connectivity index (χ4v) is 3.59. The Kier molecular flexibility index (Phi) is 5.55. The average molecular weight is 390 g/mol. The Hall–Kier alpha value is -3.22. The lowest BCUT2D eigenvalue weighted by Crippen LogP contribution is -2.47. The highest BCUT2D eigenvalue weighted by Crippen LogP contribution is 2.27. The number of nitrogens with one attached hydrogen (secondary N) is 1. The van der Waals surface area contributed by atoms with Gasteiger partial charge in [-0.05, 0) is 30.5 Å². The van der Waals surface area contributed by atoms with E-state index in [0.717, 1.165) is 49.3 Å². The third kappa shape index (κ3) is 4.45. The van der Waals surface area contributed by atoms with Crippen molar-refractivity contribution < 1.29 is 0 Å². The first-order chi connectivity index (χ1) is 14.1. The van der Waals surface area contributed by atoms with Gasteiger partial charge in [-0.25, -0.2) is 15.0 Å². The van der Waals surface area contributed by atoms with Crippen molar-refractivity contribution in [2.24, 2.45) is 0 Å². The molecule has 1 saturated heterocycles. The first kappa shape index (κ1) is 19.1. The molecule has 7 nitrogen and oxygen atoms in total. The average Bonchev–Trinajstić information content (AvgIpc) is 2.74. The van der Waals surface area contributed by atoms with E-state index in [-0.39, 0.29) is 0 Å². The van der Waals surface area contributed by atoms with Gasteiger partial charge in [0.25, 0.3) is 0 Å². The molecular weight excluding hydrogens is 362 g/mol. The van der Waals surface area contributed by atoms with E-state index in [2.05, 4.69) is 62.1 Å². The SMILES string of the molecule is Cc1cc(N2CCN(c3ncccn3)CC2)nc(Nc2ccccc2C(C)C)n1. The maximum Gasteiger partial charge on any atom is 0.229 e. The zero-order valence-corrected chi connectivity index (χ0v) is 17.2. The lowest BCUT2D eigenvalue weighted by Gasteiger charge is -2.35. The first-order valence-corrected chi connectivity index (χ1v) is 10.1. The quantitative estimate of drug-likeness (QED) is 0.712. The van der Waals surface area contributed by atoms with Crippen LogP contribution in [0.15, 0.2) is 48.8 Å². The fraction of sp³-hybridized carbons (Fsp3) is 0.364. The highest BCUT2D eigenvalue weighted by atomic mass is 15.3. The van der Waals surface area contributed by atoms with Crippen LogP contribution in [0.2, 0.25) is 0 Å². The van der Waals surface area contributed by atoms with Crippen LogP contribution >= 0.6 is 0 Å². The van der Waals surface area contributed by atoms with Gasteiger partial charge < -0.3 is 15.1 Å². The van der Waals surface area contributed by atoms with Crippen LogP contribution in [0.3, 0.4) is 0 Å². The van der Waals surface area contributed by atoms with E-state index in [0.29, 0.717) is 11.9 Å². The maximum atomic E-state index is 4.80. The minimum Gasteiger partial charge on any atom is -0.353 e. The molecule has 3 heterocycles. The molecule has 150 valence electrons. The van der Waals surface area contributed by atoms with Crippen LogP contribution in [0.1, 0.15) is 31.0 Å². The lowest BCUT2D eigenvalue weighted by molar-refractivity contribution is 0.634. The molecule has 0 radical (unpaired) electrons. The smallest absolute Gasteiger partial charge is 0.229 e. The Balaban J connectivity index is 1.50. The molecule has 4 rings (SSSR count). The number of anilines is 4. The van der Waals surface area contributed by atoms with Crippen LogP contribution in [0, 0.1) is 6.92 Å². The molecular formula is C22H27N7. The van der Waals surface area contributed by atoms with Crippen LogP contribution < -0.4 is 15.1 Å². The Morgan fingerprint density at radius 1 is 0.897 bits per heavy atom. The molecule has 7 heteroatoms. The Labute approximate surface area is 171 Å². The van der Waals surface area contributed by atoms with Gasteiger partial charge >= 0.3 is 0 Å². The van der Waals surface area contributed by atoms with Gasteiger partial charge in [0, 0.05) is 56.0 Å². The van der Waals surface area contributed by atoms with Crippen molar-refractivity contribution in [1.82, 2.24) is 19.9 Å². The van der Waals surface area contributed by atoms with E-state index in [1.54, 1.807) is 12.4 Å². The fourth-order valence-electron chi connectivity index (χ4n) is 3.59. The van der Waals surface area contributed by atoms with Crippen molar-refractivity contribution in [1.29, 1.82) is 0 Å².